The molecule has 0 aromatic carbocycles. The van der Waals surface area contributed by atoms with Crippen LogP contribution in [0.2, 0.25) is 0 Å². The van der Waals surface area contributed by atoms with Crippen molar-refractivity contribution in [3.63, 3.8) is 0 Å². The second-order valence-corrected chi connectivity index (χ2v) is 4.67. The van der Waals surface area contributed by atoms with E-state index in [-0.39, 0.29) is 5.91 Å². The number of hydrogen-bond acceptors (Lipinski definition) is 2. The molecule has 0 aliphatic rings. The van der Waals surface area contributed by atoms with E-state index in [1.807, 2.05) is 0 Å². The number of nitrogens with zero attached hydrogens (tertiary/aromatic N) is 1. The van der Waals surface area contributed by atoms with E-state index < -0.39 is 0 Å². The van der Waals surface area contributed by atoms with E-state index in [0.29, 0.717) is 5.56 Å². The monoisotopic (exact) mass is 332 g/mol. The van der Waals surface area contributed by atoms with E-state index in [1.165, 1.54) is 23.7 Å². The van der Waals surface area contributed by atoms with Gasteiger partial charge in [0.05, 0.1) is 0 Å². The second kappa shape index (κ2) is 8.50. The molecule has 88 valence electrons. The third kappa shape index (κ3) is 5.44. The molecule has 0 aliphatic carbocycles. The fourth-order valence-corrected chi connectivity index (χ4v) is 1.92. The maximum absolute atomic E-state index is 11.6. The molecule has 0 radical (unpaired) electrons. The van der Waals surface area contributed by atoms with Crippen molar-refractivity contribution in [3.05, 3.63) is 30.1 Å². The van der Waals surface area contributed by atoms with Gasteiger partial charge in [0.15, 0.2) is 0 Å². The lowest BCUT2D eigenvalue weighted by molar-refractivity contribution is 0.0953. The molecule has 1 aromatic rings. The summed E-state index contributed by atoms with van der Waals surface area (Å²) in [5.41, 5.74) is 0.683. The molecule has 0 fully saturated rings. The lowest BCUT2D eigenvalue weighted by Gasteiger charge is -2.04. The highest BCUT2D eigenvalue weighted by atomic mass is 127. The van der Waals surface area contributed by atoms with E-state index in [4.69, 9.17) is 0 Å². The molecular weight excluding hydrogens is 315 g/mol. The highest BCUT2D eigenvalue weighted by molar-refractivity contribution is 14.1. The van der Waals surface area contributed by atoms with Crippen molar-refractivity contribution in [1.29, 1.82) is 0 Å². The molecule has 0 unspecified atom stereocenters. The Hall–Kier alpha value is -0.650. The summed E-state index contributed by atoms with van der Waals surface area (Å²) in [7, 11) is 0. The Morgan fingerprint density at radius 2 is 1.88 bits per heavy atom. The average Bonchev–Trinajstić information content (AvgIpc) is 2.34. The van der Waals surface area contributed by atoms with Crippen molar-refractivity contribution < 1.29 is 4.79 Å². The molecule has 0 aliphatic heterocycles. The maximum atomic E-state index is 11.6. The number of hydrogen-bond donors (Lipinski definition) is 1. The summed E-state index contributed by atoms with van der Waals surface area (Å²) < 4.78 is 1.22. The number of aromatic nitrogens is 1. The Morgan fingerprint density at radius 1 is 1.19 bits per heavy atom. The molecule has 1 amide bonds. The largest absolute Gasteiger partial charge is 0.352 e. The normalized spacial score (nSPS) is 10.1. The fourth-order valence-electron chi connectivity index (χ4n) is 1.38. The van der Waals surface area contributed by atoms with Crippen molar-refractivity contribution in [2.45, 2.75) is 25.7 Å². The van der Waals surface area contributed by atoms with Crippen molar-refractivity contribution in [2.75, 3.05) is 11.0 Å². The molecule has 0 saturated carbocycles. The van der Waals surface area contributed by atoms with Crippen LogP contribution in [0.5, 0.6) is 0 Å². The third-order valence-electron chi connectivity index (χ3n) is 2.29. The zero-order chi connectivity index (χ0) is 11.6. The summed E-state index contributed by atoms with van der Waals surface area (Å²) in [5.74, 6) is -0.00343. The summed E-state index contributed by atoms with van der Waals surface area (Å²) in [6.45, 7) is 0.766. The predicted molar refractivity (Wildman–Crippen MR) is 73.9 cm³/mol. The second-order valence-electron chi connectivity index (χ2n) is 3.59. The van der Waals surface area contributed by atoms with Gasteiger partial charge in [-0.25, -0.2) is 0 Å². The summed E-state index contributed by atoms with van der Waals surface area (Å²) in [5, 5.41) is 2.91. The average molecular weight is 332 g/mol. The van der Waals surface area contributed by atoms with Gasteiger partial charge in [0.2, 0.25) is 0 Å². The number of amides is 1. The van der Waals surface area contributed by atoms with Crippen molar-refractivity contribution in [3.8, 4) is 0 Å². The number of carbonyl (C=O) groups excluding carboxylic acids is 1. The van der Waals surface area contributed by atoms with Gasteiger partial charge in [0.1, 0.15) is 0 Å². The van der Waals surface area contributed by atoms with E-state index in [2.05, 4.69) is 32.9 Å². The number of pyridine rings is 1. The number of rotatable bonds is 7. The van der Waals surface area contributed by atoms with Gasteiger partial charge in [-0.2, -0.15) is 0 Å². The van der Waals surface area contributed by atoms with E-state index in [1.54, 1.807) is 24.5 Å². The van der Waals surface area contributed by atoms with Crippen molar-refractivity contribution >= 4 is 28.5 Å². The summed E-state index contributed by atoms with van der Waals surface area (Å²) >= 11 is 2.39. The van der Waals surface area contributed by atoms with Gasteiger partial charge in [0, 0.05) is 24.5 Å². The van der Waals surface area contributed by atoms with Crippen molar-refractivity contribution in [2.24, 2.45) is 0 Å². The number of alkyl halides is 1. The third-order valence-corrected chi connectivity index (χ3v) is 3.05. The minimum Gasteiger partial charge on any atom is -0.352 e. The number of carbonyl (C=O) groups is 1. The Bertz CT molecular complexity index is 303. The van der Waals surface area contributed by atoms with Crippen LogP contribution in [-0.4, -0.2) is 21.9 Å². The van der Waals surface area contributed by atoms with Crippen LogP contribution in [-0.2, 0) is 0 Å². The lowest BCUT2D eigenvalue weighted by Crippen LogP contribution is -2.24. The van der Waals surface area contributed by atoms with Crippen LogP contribution in [0.1, 0.15) is 36.0 Å². The predicted octanol–water partition coefficient (Wildman–Crippen LogP) is 2.81. The van der Waals surface area contributed by atoms with E-state index >= 15 is 0 Å². The Kier molecular flexibility index (Phi) is 7.12. The first-order valence-electron chi connectivity index (χ1n) is 5.59. The summed E-state index contributed by atoms with van der Waals surface area (Å²) in [6, 6.07) is 3.46. The fraction of sp³-hybridized carbons (Fsp3) is 0.500. The molecule has 1 N–H and O–H groups in total. The first-order chi connectivity index (χ1) is 7.84. The summed E-state index contributed by atoms with van der Waals surface area (Å²) in [6.07, 6.45) is 8.06. The highest BCUT2D eigenvalue weighted by Gasteiger charge is 2.02. The summed E-state index contributed by atoms with van der Waals surface area (Å²) in [4.78, 5) is 15.5. The SMILES string of the molecule is O=C(NCCCCCCI)c1ccncc1. The van der Waals surface area contributed by atoms with E-state index in [9.17, 15) is 4.79 Å². The van der Waals surface area contributed by atoms with Gasteiger partial charge >= 0.3 is 0 Å². The van der Waals surface area contributed by atoms with Gasteiger partial charge in [-0.15, -0.1) is 0 Å². The minimum absolute atomic E-state index is 0.00343. The van der Waals surface area contributed by atoms with Crippen LogP contribution in [0, 0.1) is 0 Å². The zero-order valence-electron chi connectivity index (χ0n) is 9.29. The number of nitrogens with one attached hydrogen (secondary N) is 1. The Labute approximate surface area is 110 Å². The van der Waals surface area contributed by atoms with Crippen molar-refractivity contribution in [1.82, 2.24) is 10.3 Å². The number of halogens is 1. The molecule has 0 atom stereocenters. The van der Waals surface area contributed by atoms with Gasteiger partial charge < -0.3 is 5.32 Å². The molecule has 1 rings (SSSR count). The first kappa shape index (κ1) is 13.4. The smallest absolute Gasteiger partial charge is 0.251 e. The molecule has 0 saturated heterocycles. The zero-order valence-corrected chi connectivity index (χ0v) is 11.4. The molecule has 4 heteroatoms. The van der Waals surface area contributed by atoms with Gasteiger partial charge in [-0.3, -0.25) is 9.78 Å². The topological polar surface area (TPSA) is 42.0 Å². The molecule has 0 bridgehead atoms. The van der Waals surface area contributed by atoms with Gasteiger partial charge in [-0.05, 0) is 29.4 Å². The lowest BCUT2D eigenvalue weighted by atomic mass is 10.2. The molecule has 3 nitrogen and oxygen atoms in total. The van der Waals surface area contributed by atoms with Crippen LogP contribution in [0.15, 0.2) is 24.5 Å². The van der Waals surface area contributed by atoms with E-state index in [0.717, 1.165) is 13.0 Å². The molecule has 1 aromatic heterocycles. The maximum Gasteiger partial charge on any atom is 0.251 e. The van der Waals surface area contributed by atoms with Crippen LogP contribution >= 0.6 is 22.6 Å². The molecule has 16 heavy (non-hydrogen) atoms. The van der Waals surface area contributed by atoms with Gasteiger partial charge in [-0.1, -0.05) is 35.4 Å². The van der Waals surface area contributed by atoms with Crippen LogP contribution in [0.4, 0.5) is 0 Å². The standard InChI is InChI=1S/C12H17IN2O/c13-7-3-1-2-4-8-15-12(16)11-5-9-14-10-6-11/h5-6,9-10H,1-4,7-8H2,(H,15,16). The Balaban J connectivity index is 2.12. The van der Waals surface area contributed by atoms with Gasteiger partial charge in [0.25, 0.3) is 5.91 Å². The quantitative estimate of drug-likeness (QED) is 0.474. The van der Waals surface area contributed by atoms with Crippen LogP contribution in [0.25, 0.3) is 0 Å². The molecule has 0 spiro atoms. The first-order valence-corrected chi connectivity index (χ1v) is 7.11. The molecular formula is C12H17IN2O. The highest BCUT2D eigenvalue weighted by Crippen LogP contribution is 2.02. The minimum atomic E-state index is -0.00343. The molecule has 1 heterocycles. The Morgan fingerprint density at radius 3 is 2.56 bits per heavy atom. The van der Waals surface area contributed by atoms with Crippen LogP contribution in [0.3, 0.4) is 0 Å². The number of unbranched alkanes of at least 4 members (excludes halogenated alkanes) is 3. The van der Waals surface area contributed by atoms with Crippen LogP contribution < -0.4 is 5.32 Å².